The summed E-state index contributed by atoms with van der Waals surface area (Å²) in [7, 11) is 2.98. The fraction of sp³-hybridized carbons (Fsp3) is 0.467. The zero-order chi connectivity index (χ0) is 15.1. The first kappa shape index (κ1) is 16.0. The smallest absolute Gasteiger partial charge is 0.305 e. The molecule has 0 aromatic heterocycles. The fourth-order valence-corrected chi connectivity index (χ4v) is 2.03. The third-order valence-electron chi connectivity index (χ3n) is 2.91. The molecule has 0 fully saturated rings. The highest BCUT2D eigenvalue weighted by Gasteiger charge is 2.13. The van der Waals surface area contributed by atoms with Crippen LogP contribution in [0.4, 0.5) is 5.69 Å². The van der Waals surface area contributed by atoms with Gasteiger partial charge < -0.3 is 14.8 Å². The summed E-state index contributed by atoms with van der Waals surface area (Å²) in [5.74, 6) is 0.526. The number of carbonyl (C=O) groups is 2. The van der Waals surface area contributed by atoms with E-state index in [0.717, 1.165) is 17.0 Å². The van der Waals surface area contributed by atoms with Gasteiger partial charge in [0.25, 0.3) is 0 Å². The van der Waals surface area contributed by atoms with Crippen molar-refractivity contribution in [3.8, 4) is 5.75 Å². The van der Waals surface area contributed by atoms with Crippen molar-refractivity contribution in [1.29, 1.82) is 0 Å². The molecule has 0 saturated carbocycles. The second kappa shape index (κ2) is 7.53. The lowest BCUT2D eigenvalue weighted by Gasteiger charge is -2.14. The average molecular weight is 279 g/mol. The lowest BCUT2D eigenvalue weighted by Crippen LogP contribution is -2.11. The highest BCUT2D eigenvalue weighted by molar-refractivity contribution is 5.88. The maximum atomic E-state index is 11.3. The molecule has 20 heavy (non-hydrogen) atoms. The van der Waals surface area contributed by atoms with Crippen LogP contribution in [0.25, 0.3) is 0 Å². The standard InChI is InChI=1S/C15H21NO4/c1-10(8-15(18)20-4)7-12-9-13(16-11(2)17)5-6-14(12)19-3/h5-6,9-10H,7-8H2,1-4H3,(H,16,17). The van der Waals surface area contributed by atoms with Gasteiger partial charge in [0.15, 0.2) is 0 Å². The Morgan fingerprint density at radius 2 is 2.00 bits per heavy atom. The molecular formula is C15H21NO4. The predicted molar refractivity (Wildman–Crippen MR) is 76.8 cm³/mol. The van der Waals surface area contributed by atoms with Gasteiger partial charge >= 0.3 is 5.97 Å². The minimum absolute atomic E-state index is 0.122. The fourth-order valence-electron chi connectivity index (χ4n) is 2.03. The first-order chi connectivity index (χ1) is 9.46. The lowest BCUT2D eigenvalue weighted by atomic mass is 9.97. The Kier molecular flexibility index (Phi) is 6.03. The third kappa shape index (κ3) is 4.91. The molecule has 1 unspecified atom stereocenters. The van der Waals surface area contributed by atoms with Gasteiger partial charge in [-0.25, -0.2) is 0 Å². The summed E-state index contributed by atoms with van der Waals surface area (Å²) in [5, 5.41) is 2.74. The number of ether oxygens (including phenoxy) is 2. The van der Waals surface area contributed by atoms with Crippen LogP contribution >= 0.6 is 0 Å². The van der Waals surface area contributed by atoms with E-state index in [1.165, 1.54) is 14.0 Å². The van der Waals surface area contributed by atoms with Gasteiger partial charge in [-0.1, -0.05) is 6.92 Å². The molecule has 0 aliphatic heterocycles. The first-order valence-corrected chi connectivity index (χ1v) is 6.47. The van der Waals surface area contributed by atoms with Crippen molar-refractivity contribution in [3.05, 3.63) is 23.8 Å². The van der Waals surface area contributed by atoms with Gasteiger partial charge in [0.2, 0.25) is 5.91 Å². The van der Waals surface area contributed by atoms with Crippen molar-refractivity contribution in [2.24, 2.45) is 5.92 Å². The molecule has 1 aromatic carbocycles. The summed E-state index contributed by atoms with van der Waals surface area (Å²) in [6.07, 6.45) is 1.02. The SMILES string of the molecule is COC(=O)CC(C)Cc1cc(NC(C)=O)ccc1OC. The van der Waals surface area contributed by atoms with Crippen LogP contribution in [0.5, 0.6) is 5.75 Å². The minimum atomic E-state index is -0.227. The topological polar surface area (TPSA) is 64.6 Å². The molecule has 0 heterocycles. The van der Waals surface area contributed by atoms with Gasteiger partial charge in [0, 0.05) is 19.0 Å². The second-order valence-electron chi connectivity index (χ2n) is 4.80. The van der Waals surface area contributed by atoms with Gasteiger partial charge in [-0.2, -0.15) is 0 Å². The van der Waals surface area contributed by atoms with E-state index in [-0.39, 0.29) is 17.8 Å². The molecule has 0 saturated heterocycles. The van der Waals surface area contributed by atoms with Gasteiger partial charge in [-0.05, 0) is 36.1 Å². The summed E-state index contributed by atoms with van der Waals surface area (Å²) in [6.45, 7) is 3.44. The number of nitrogens with one attached hydrogen (secondary N) is 1. The van der Waals surface area contributed by atoms with Crippen molar-refractivity contribution in [2.45, 2.75) is 26.7 Å². The molecule has 1 N–H and O–H groups in total. The number of amides is 1. The first-order valence-electron chi connectivity index (χ1n) is 6.47. The van der Waals surface area contributed by atoms with Crippen LogP contribution in [0.2, 0.25) is 0 Å². The van der Waals surface area contributed by atoms with Crippen molar-refractivity contribution >= 4 is 17.6 Å². The summed E-state index contributed by atoms with van der Waals surface area (Å²) >= 11 is 0. The van der Waals surface area contributed by atoms with E-state index in [4.69, 9.17) is 4.74 Å². The minimum Gasteiger partial charge on any atom is -0.496 e. The largest absolute Gasteiger partial charge is 0.496 e. The van der Waals surface area contributed by atoms with Crippen molar-refractivity contribution in [3.63, 3.8) is 0 Å². The van der Waals surface area contributed by atoms with E-state index < -0.39 is 0 Å². The number of esters is 1. The Hall–Kier alpha value is -2.04. The van der Waals surface area contributed by atoms with Crippen molar-refractivity contribution < 1.29 is 19.1 Å². The van der Waals surface area contributed by atoms with E-state index >= 15 is 0 Å². The molecule has 1 amide bonds. The number of carbonyl (C=O) groups excluding carboxylic acids is 2. The van der Waals surface area contributed by atoms with E-state index in [2.05, 4.69) is 10.1 Å². The Balaban J connectivity index is 2.84. The zero-order valence-electron chi connectivity index (χ0n) is 12.4. The number of anilines is 1. The number of rotatable bonds is 6. The quantitative estimate of drug-likeness (QED) is 0.812. The summed E-state index contributed by atoms with van der Waals surface area (Å²) < 4.78 is 9.97. The molecule has 0 radical (unpaired) electrons. The third-order valence-corrected chi connectivity index (χ3v) is 2.91. The van der Waals surface area contributed by atoms with Crippen LogP contribution in [-0.4, -0.2) is 26.1 Å². The van der Waals surface area contributed by atoms with Crippen LogP contribution in [0.3, 0.4) is 0 Å². The molecular weight excluding hydrogens is 258 g/mol. The van der Waals surface area contributed by atoms with Crippen LogP contribution < -0.4 is 10.1 Å². The maximum Gasteiger partial charge on any atom is 0.305 e. The summed E-state index contributed by atoms with van der Waals surface area (Å²) in [4.78, 5) is 22.4. The van der Waals surface area contributed by atoms with Crippen molar-refractivity contribution in [1.82, 2.24) is 0 Å². The van der Waals surface area contributed by atoms with Gasteiger partial charge in [0.05, 0.1) is 14.2 Å². The lowest BCUT2D eigenvalue weighted by molar-refractivity contribution is -0.141. The van der Waals surface area contributed by atoms with Gasteiger partial charge in [-0.15, -0.1) is 0 Å². The maximum absolute atomic E-state index is 11.3. The van der Waals surface area contributed by atoms with E-state index in [9.17, 15) is 9.59 Å². The average Bonchev–Trinajstić information content (AvgIpc) is 2.38. The number of hydrogen-bond acceptors (Lipinski definition) is 4. The normalized spacial score (nSPS) is 11.6. The molecule has 1 rings (SSSR count). The van der Waals surface area contributed by atoms with Crippen LogP contribution in [0.1, 0.15) is 25.8 Å². The van der Waals surface area contributed by atoms with Gasteiger partial charge in [-0.3, -0.25) is 9.59 Å². The van der Waals surface area contributed by atoms with E-state index in [1.54, 1.807) is 13.2 Å². The molecule has 5 heteroatoms. The molecule has 5 nitrogen and oxygen atoms in total. The monoisotopic (exact) mass is 279 g/mol. The molecule has 0 bridgehead atoms. The highest BCUT2D eigenvalue weighted by Crippen LogP contribution is 2.26. The van der Waals surface area contributed by atoms with Crippen LogP contribution in [-0.2, 0) is 20.7 Å². The van der Waals surface area contributed by atoms with Crippen molar-refractivity contribution in [2.75, 3.05) is 19.5 Å². The van der Waals surface area contributed by atoms with Crippen LogP contribution in [0.15, 0.2) is 18.2 Å². The second-order valence-corrected chi connectivity index (χ2v) is 4.80. The summed E-state index contributed by atoms with van der Waals surface area (Å²) in [6, 6.07) is 5.47. The van der Waals surface area contributed by atoms with E-state index in [0.29, 0.717) is 12.8 Å². The molecule has 110 valence electrons. The Labute approximate surface area is 119 Å². The number of benzene rings is 1. The van der Waals surface area contributed by atoms with Gasteiger partial charge in [0.1, 0.15) is 5.75 Å². The molecule has 1 atom stereocenters. The Morgan fingerprint density at radius 1 is 1.30 bits per heavy atom. The van der Waals surface area contributed by atoms with E-state index in [1.807, 2.05) is 19.1 Å². The molecule has 0 aliphatic carbocycles. The highest BCUT2D eigenvalue weighted by atomic mass is 16.5. The number of hydrogen-bond donors (Lipinski definition) is 1. The molecule has 0 aliphatic rings. The Morgan fingerprint density at radius 3 is 2.55 bits per heavy atom. The molecule has 1 aromatic rings. The Bertz CT molecular complexity index is 485. The predicted octanol–water partition coefficient (Wildman–Crippen LogP) is 2.40. The molecule has 0 spiro atoms. The summed E-state index contributed by atoms with van der Waals surface area (Å²) in [5.41, 5.74) is 1.67. The van der Waals surface area contributed by atoms with Crippen LogP contribution in [0, 0.1) is 5.92 Å². The zero-order valence-corrected chi connectivity index (χ0v) is 12.4. The number of methoxy groups -OCH3 is 2.